The molecule has 0 aliphatic carbocycles. The topological polar surface area (TPSA) is 67.5 Å². The number of para-hydroxylation sites is 1. The van der Waals surface area contributed by atoms with Crippen LogP contribution in [0.4, 0.5) is 5.69 Å². The summed E-state index contributed by atoms with van der Waals surface area (Å²) in [7, 11) is 0. The van der Waals surface area contributed by atoms with E-state index in [1.54, 1.807) is 0 Å². The zero-order valence-corrected chi connectivity index (χ0v) is 10.0. The average molecular weight is 253 g/mol. The van der Waals surface area contributed by atoms with Gasteiger partial charge in [-0.3, -0.25) is 14.8 Å². The summed E-state index contributed by atoms with van der Waals surface area (Å²) in [6.45, 7) is 0.598. The number of benzene rings is 1. The number of hydrogen-bond acceptors (Lipinski definition) is 3. The molecule has 0 amide bonds. The smallest absolute Gasteiger partial charge is 0.290 e. The molecule has 0 fully saturated rings. The van der Waals surface area contributed by atoms with E-state index in [1.165, 1.54) is 21.8 Å². The minimum Gasteiger partial charge on any atom is -0.483 e. The van der Waals surface area contributed by atoms with E-state index in [9.17, 15) is 0 Å². The van der Waals surface area contributed by atoms with Crippen LogP contribution in [0.3, 0.4) is 0 Å². The first-order valence-electron chi connectivity index (χ1n) is 5.82. The third-order valence-electron chi connectivity index (χ3n) is 3.16. The van der Waals surface area contributed by atoms with Gasteiger partial charge in [0.1, 0.15) is 0 Å². The van der Waals surface area contributed by atoms with Gasteiger partial charge in [0, 0.05) is 29.4 Å². The lowest BCUT2D eigenvalue weighted by Gasteiger charge is -2.09. The van der Waals surface area contributed by atoms with Crippen LogP contribution in [-0.4, -0.2) is 27.3 Å². The van der Waals surface area contributed by atoms with Crippen molar-refractivity contribution in [2.75, 3.05) is 0 Å². The van der Waals surface area contributed by atoms with Crippen LogP contribution in [0.5, 0.6) is 0 Å². The van der Waals surface area contributed by atoms with Crippen molar-refractivity contribution >= 4 is 40.2 Å². The Labute approximate surface area is 108 Å². The maximum absolute atomic E-state index is 8.36. The number of nitrogens with zero attached hydrogens (tertiary/aromatic N) is 3. The van der Waals surface area contributed by atoms with E-state index in [-0.39, 0.29) is 6.47 Å². The first-order chi connectivity index (χ1) is 9.36. The SMILES string of the molecule is C1=Nc2cccc3c4cnccc4n(c23)C1.O=CO. The number of fused-ring (bicyclic) bond motifs is 3. The monoisotopic (exact) mass is 253 g/mol. The molecule has 5 nitrogen and oxygen atoms in total. The molecule has 0 unspecified atom stereocenters. The molecule has 1 N–H and O–H groups in total. The van der Waals surface area contributed by atoms with Gasteiger partial charge in [-0.15, -0.1) is 0 Å². The Bertz CT molecular complexity index is 790. The Kier molecular flexibility index (Phi) is 2.72. The molecule has 0 saturated carbocycles. The van der Waals surface area contributed by atoms with Crippen molar-refractivity contribution in [1.29, 1.82) is 0 Å². The van der Waals surface area contributed by atoms with Crippen molar-refractivity contribution in [3.05, 3.63) is 36.7 Å². The van der Waals surface area contributed by atoms with E-state index < -0.39 is 0 Å². The van der Waals surface area contributed by atoms with Gasteiger partial charge >= 0.3 is 0 Å². The normalized spacial score (nSPS) is 12.2. The van der Waals surface area contributed by atoms with Crippen LogP contribution in [0.1, 0.15) is 0 Å². The molecule has 1 aromatic carbocycles. The lowest BCUT2D eigenvalue weighted by molar-refractivity contribution is -0.122. The van der Waals surface area contributed by atoms with Gasteiger partial charge in [-0.1, -0.05) is 12.1 Å². The van der Waals surface area contributed by atoms with Crippen molar-refractivity contribution in [2.24, 2.45) is 4.99 Å². The van der Waals surface area contributed by atoms with E-state index in [2.05, 4.69) is 38.8 Å². The van der Waals surface area contributed by atoms with Crippen LogP contribution < -0.4 is 0 Å². The van der Waals surface area contributed by atoms with Gasteiger partial charge in [0.25, 0.3) is 6.47 Å². The number of aliphatic imine (C=N–C) groups is 1. The molecule has 0 bridgehead atoms. The van der Waals surface area contributed by atoms with E-state index >= 15 is 0 Å². The van der Waals surface area contributed by atoms with Crippen molar-refractivity contribution in [3.63, 3.8) is 0 Å². The predicted octanol–water partition coefficient (Wildman–Crippen LogP) is 2.61. The highest BCUT2D eigenvalue weighted by atomic mass is 16.3. The van der Waals surface area contributed by atoms with Crippen molar-refractivity contribution in [1.82, 2.24) is 9.55 Å². The van der Waals surface area contributed by atoms with Crippen molar-refractivity contribution < 1.29 is 9.90 Å². The molecule has 1 aliphatic heterocycles. The Hall–Kier alpha value is -2.69. The number of rotatable bonds is 0. The Balaban J connectivity index is 0.000000339. The molecule has 2 aromatic heterocycles. The Morgan fingerprint density at radius 3 is 2.95 bits per heavy atom. The molecule has 4 rings (SSSR count). The largest absolute Gasteiger partial charge is 0.483 e. The second kappa shape index (κ2) is 4.53. The lowest BCUT2D eigenvalue weighted by atomic mass is 10.2. The summed E-state index contributed by atoms with van der Waals surface area (Å²) in [6, 6.07) is 8.32. The predicted molar refractivity (Wildman–Crippen MR) is 74.1 cm³/mol. The Morgan fingerprint density at radius 1 is 1.26 bits per heavy atom. The van der Waals surface area contributed by atoms with Crippen LogP contribution >= 0.6 is 0 Å². The minimum absolute atomic E-state index is 0.250. The summed E-state index contributed by atoms with van der Waals surface area (Å²) in [6.07, 6.45) is 5.74. The summed E-state index contributed by atoms with van der Waals surface area (Å²) in [5.74, 6) is 0. The van der Waals surface area contributed by atoms with Crippen LogP contribution in [0, 0.1) is 0 Å². The molecule has 0 spiro atoms. The maximum Gasteiger partial charge on any atom is 0.290 e. The third kappa shape index (κ3) is 1.67. The third-order valence-corrected chi connectivity index (χ3v) is 3.16. The zero-order chi connectivity index (χ0) is 13.2. The fraction of sp³-hybridized carbons (Fsp3) is 0.0714. The number of pyridine rings is 1. The van der Waals surface area contributed by atoms with Crippen molar-refractivity contribution in [3.8, 4) is 0 Å². The number of hydrogen-bond donors (Lipinski definition) is 1. The molecule has 0 atom stereocenters. The van der Waals surface area contributed by atoms with Gasteiger partial charge in [-0.05, 0) is 12.1 Å². The van der Waals surface area contributed by atoms with E-state index in [0.717, 1.165) is 12.2 Å². The van der Waals surface area contributed by atoms with Crippen molar-refractivity contribution in [2.45, 2.75) is 6.54 Å². The van der Waals surface area contributed by atoms with Crippen LogP contribution in [0.25, 0.3) is 21.8 Å². The van der Waals surface area contributed by atoms with E-state index in [1.807, 2.05) is 18.6 Å². The number of carboxylic acid groups (broad SMARTS) is 1. The fourth-order valence-corrected chi connectivity index (χ4v) is 2.50. The average Bonchev–Trinajstić information content (AvgIpc) is 2.78. The molecule has 1 aliphatic rings. The maximum atomic E-state index is 8.36. The molecule has 0 saturated heterocycles. The quantitative estimate of drug-likeness (QED) is 0.626. The number of carbonyl (C=O) groups is 1. The second-order valence-electron chi connectivity index (χ2n) is 4.09. The van der Waals surface area contributed by atoms with Gasteiger partial charge in [0.2, 0.25) is 0 Å². The van der Waals surface area contributed by atoms with Crippen LogP contribution in [-0.2, 0) is 11.3 Å². The molecule has 3 heterocycles. The van der Waals surface area contributed by atoms with Gasteiger partial charge in [0.15, 0.2) is 0 Å². The van der Waals surface area contributed by atoms with Gasteiger partial charge in [0.05, 0.1) is 23.3 Å². The molecular formula is C14H11N3O2. The summed E-state index contributed by atoms with van der Waals surface area (Å²) in [5.41, 5.74) is 3.52. The van der Waals surface area contributed by atoms with Gasteiger partial charge < -0.3 is 9.67 Å². The molecule has 0 radical (unpaired) electrons. The molecule has 3 aromatic rings. The highest BCUT2D eigenvalue weighted by molar-refractivity contribution is 6.12. The van der Waals surface area contributed by atoms with E-state index in [0.29, 0.717) is 0 Å². The summed E-state index contributed by atoms with van der Waals surface area (Å²) >= 11 is 0. The highest BCUT2D eigenvalue weighted by Gasteiger charge is 2.14. The van der Waals surface area contributed by atoms with Gasteiger partial charge in [-0.2, -0.15) is 0 Å². The second-order valence-corrected chi connectivity index (χ2v) is 4.09. The zero-order valence-electron chi connectivity index (χ0n) is 10.0. The molecule has 19 heavy (non-hydrogen) atoms. The summed E-state index contributed by atoms with van der Waals surface area (Å²) in [5, 5.41) is 9.35. The Morgan fingerprint density at radius 2 is 2.11 bits per heavy atom. The van der Waals surface area contributed by atoms with E-state index in [4.69, 9.17) is 9.90 Å². The molecule has 5 heteroatoms. The molecular weight excluding hydrogens is 242 g/mol. The fourth-order valence-electron chi connectivity index (χ4n) is 2.50. The standard InChI is InChI=1S/C13H9N3.CH2O2/c1-2-9-10-8-14-5-4-12(10)16-7-6-15-11(3-1)13(9)16;2-1-3/h1-6,8H,7H2;1H,(H,2,3). The van der Waals surface area contributed by atoms with Crippen LogP contribution in [0.15, 0.2) is 41.7 Å². The van der Waals surface area contributed by atoms with Crippen LogP contribution in [0.2, 0.25) is 0 Å². The minimum atomic E-state index is -0.250. The summed E-state index contributed by atoms with van der Waals surface area (Å²) < 4.78 is 2.30. The summed E-state index contributed by atoms with van der Waals surface area (Å²) in [4.78, 5) is 17.0. The first-order valence-corrected chi connectivity index (χ1v) is 5.82. The molecule has 94 valence electrons. The van der Waals surface area contributed by atoms with Gasteiger partial charge in [-0.25, -0.2) is 0 Å². The highest BCUT2D eigenvalue weighted by Crippen LogP contribution is 2.35. The first kappa shape index (κ1) is 11.4. The number of aromatic nitrogens is 2. The lowest BCUT2D eigenvalue weighted by Crippen LogP contribution is -2.01.